The van der Waals surface area contributed by atoms with E-state index in [0.717, 1.165) is 6.07 Å². The Hall–Kier alpha value is -3.57. The lowest BCUT2D eigenvalue weighted by Gasteiger charge is -2.35. The summed E-state index contributed by atoms with van der Waals surface area (Å²) in [7, 11) is 0. The van der Waals surface area contributed by atoms with Crippen LogP contribution >= 0.6 is 23.2 Å². The van der Waals surface area contributed by atoms with Gasteiger partial charge in [-0.25, -0.2) is 13.6 Å². The molecule has 0 bridgehead atoms. The van der Waals surface area contributed by atoms with Crippen molar-refractivity contribution in [1.29, 1.82) is 0 Å². The van der Waals surface area contributed by atoms with Crippen LogP contribution < -0.4 is 21.3 Å². The Kier molecular flexibility index (Phi) is 5.95. The van der Waals surface area contributed by atoms with Gasteiger partial charge in [-0.3, -0.25) is 9.69 Å². The van der Waals surface area contributed by atoms with Crippen molar-refractivity contribution in [2.24, 2.45) is 0 Å². The van der Waals surface area contributed by atoms with E-state index in [1.54, 1.807) is 0 Å². The second-order valence-electron chi connectivity index (χ2n) is 8.51. The zero-order chi connectivity index (χ0) is 26.8. The van der Waals surface area contributed by atoms with E-state index in [0.29, 0.717) is 35.4 Å². The maximum atomic E-state index is 14.0. The van der Waals surface area contributed by atoms with Crippen LogP contribution in [-0.2, 0) is 12.6 Å². The van der Waals surface area contributed by atoms with Crippen molar-refractivity contribution in [3.05, 3.63) is 85.9 Å². The molecule has 3 amide bonds. The van der Waals surface area contributed by atoms with Gasteiger partial charge in [0, 0.05) is 33.9 Å². The minimum absolute atomic E-state index is 0.0347. The SMILES string of the molecule is Nc1cc(NC(=O)c2cc(F)cc(C(F)(F)F)c2)c2c3c1CCN3C(=O)NC2c1cc(Cl)c(F)cc1Cl. The lowest BCUT2D eigenvalue weighted by atomic mass is 9.91. The Balaban J connectivity index is 1.66. The molecule has 2 aliphatic heterocycles. The first-order valence-corrected chi connectivity index (χ1v) is 11.5. The van der Waals surface area contributed by atoms with E-state index in [-0.39, 0.29) is 39.6 Å². The second kappa shape index (κ2) is 8.77. The van der Waals surface area contributed by atoms with Crippen LogP contribution in [0.3, 0.4) is 0 Å². The van der Waals surface area contributed by atoms with Crippen molar-refractivity contribution in [2.75, 3.05) is 22.5 Å². The van der Waals surface area contributed by atoms with Gasteiger partial charge >= 0.3 is 12.2 Å². The number of alkyl halides is 3. The quantitative estimate of drug-likeness (QED) is 0.201. The van der Waals surface area contributed by atoms with Crippen molar-refractivity contribution >= 4 is 52.2 Å². The van der Waals surface area contributed by atoms with Gasteiger partial charge < -0.3 is 16.4 Å². The Labute approximate surface area is 216 Å². The number of hydrogen-bond acceptors (Lipinski definition) is 3. The number of nitrogens with two attached hydrogens (primary N) is 1. The zero-order valence-corrected chi connectivity index (χ0v) is 20.0. The largest absolute Gasteiger partial charge is 0.416 e. The lowest BCUT2D eigenvalue weighted by Crippen LogP contribution is -2.46. The van der Waals surface area contributed by atoms with E-state index in [9.17, 15) is 31.5 Å². The molecule has 0 radical (unpaired) electrons. The van der Waals surface area contributed by atoms with Gasteiger partial charge in [-0.2, -0.15) is 13.2 Å². The first-order valence-electron chi connectivity index (χ1n) is 10.7. The number of nitrogen functional groups attached to an aromatic ring is 1. The predicted molar refractivity (Wildman–Crippen MR) is 128 cm³/mol. The van der Waals surface area contributed by atoms with Gasteiger partial charge in [0.15, 0.2) is 0 Å². The zero-order valence-electron chi connectivity index (χ0n) is 18.4. The molecule has 0 aliphatic carbocycles. The normalized spacial score (nSPS) is 16.5. The molecule has 13 heteroatoms. The third kappa shape index (κ3) is 4.31. The van der Waals surface area contributed by atoms with Gasteiger partial charge in [-0.1, -0.05) is 23.2 Å². The summed E-state index contributed by atoms with van der Waals surface area (Å²) < 4.78 is 67.4. The van der Waals surface area contributed by atoms with E-state index >= 15 is 0 Å². The molecule has 1 atom stereocenters. The topological polar surface area (TPSA) is 87.5 Å². The van der Waals surface area contributed by atoms with E-state index in [4.69, 9.17) is 28.9 Å². The fourth-order valence-electron chi connectivity index (χ4n) is 4.60. The summed E-state index contributed by atoms with van der Waals surface area (Å²) in [5.74, 6) is -3.09. The first kappa shape index (κ1) is 25.1. The van der Waals surface area contributed by atoms with Crippen LogP contribution in [0.4, 0.5) is 43.8 Å². The van der Waals surface area contributed by atoms with Crippen LogP contribution in [0.25, 0.3) is 0 Å². The molecule has 0 fully saturated rings. The number of carbonyl (C=O) groups excluding carboxylic acids is 2. The summed E-state index contributed by atoms with van der Waals surface area (Å²) in [6, 6.07) is 3.51. The smallest absolute Gasteiger partial charge is 0.398 e. The number of halogens is 7. The molecule has 192 valence electrons. The summed E-state index contributed by atoms with van der Waals surface area (Å²) >= 11 is 12.2. The van der Waals surface area contributed by atoms with Gasteiger partial charge in [0.2, 0.25) is 0 Å². The third-order valence-corrected chi connectivity index (χ3v) is 6.84. The molecule has 5 rings (SSSR count). The van der Waals surface area contributed by atoms with Crippen LogP contribution in [0.5, 0.6) is 0 Å². The van der Waals surface area contributed by atoms with Crippen LogP contribution in [0.15, 0.2) is 36.4 Å². The van der Waals surface area contributed by atoms with Crippen molar-refractivity contribution in [1.82, 2.24) is 5.32 Å². The number of carbonyl (C=O) groups is 2. The Bertz CT molecular complexity index is 1500. The molecule has 2 aliphatic rings. The predicted octanol–water partition coefficient (Wildman–Crippen LogP) is 6.30. The minimum Gasteiger partial charge on any atom is -0.398 e. The van der Waals surface area contributed by atoms with Crippen LogP contribution in [0.1, 0.15) is 38.7 Å². The molecular weight excluding hydrogens is 542 g/mol. The van der Waals surface area contributed by atoms with Crippen molar-refractivity contribution < 1.29 is 31.5 Å². The average Bonchev–Trinajstić information content (AvgIpc) is 3.26. The molecule has 2 heterocycles. The Morgan fingerprint density at radius 3 is 2.51 bits per heavy atom. The lowest BCUT2D eigenvalue weighted by molar-refractivity contribution is -0.137. The summed E-state index contributed by atoms with van der Waals surface area (Å²) in [6.45, 7) is 0.277. The fourth-order valence-corrected chi connectivity index (χ4v) is 5.03. The third-order valence-electron chi connectivity index (χ3n) is 6.22. The number of nitrogens with one attached hydrogen (secondary N) is 2. The maximum absolute atomic E-state index is 14.0. The summed E-state index contributed by atoms with van der Waals surface area (Å²) in [4.78, 5) is 27.3. The number of benzene rings is 3. The standard InChI is InChI=1S/C24H15Cl2F5N4O2/c25-14-7-16(28)15(26)6-13(14)20-19-18(8-17(32)12-1-2-35(21(12)19)23(37)34-20)33-22(36)9-3-10(24(29,30)31)5-11(27)4-9/h3-8,20H,1-2,32H2,(H,33,36)(H,34,37). The molecule has 3 aromatic rings. The van der Waals surface area contributed by atoms with Gasteiger partial charge in [0.1, 0.15) is 11.6 Å². The Morgan fingerprint density at radius 1 is 1.08 bits per heavy atom. The van der Waals surface area contributed by atoms with Crippen molar-refractivity contribution in [2.45, 2.75) is 18.6 Å². The minimum atomic E-state index is -4.88. The highest BCUT2D eigenvalue weighted by molar-refractivity contribution is 6.33. The number of urea groups is 1. The summed E-state index contributed by atoms with van der Waals surface area (Å²) in [5.41, 5.74) is 6.04. The highest BCUT2D eigenvalue weighted by atomic mass is 35.5. The number of amides is 3. The van der Waals surface area contributed by atoms with Gasteiger partial charge in [-0.05, 0) is 48.4 Å². The Morgan fingerprint density at radius 2 is 1.81 bits per heavy atom. The molecule has 0 aromatic heterocycles. The molecule has 0 spiro atoms. The molecule has 3 aromatic carbocycles. The molecule has 37 heavy (non-hydrogen) atoms. The maximum Gasteiger partial charge on any atom is 0.416 e. The molecular formula is C24H15Cl2F5N4O2. The van der Waals surface area contributed by atoms with Crippen molar-refractivity contribution in [3.63, 3.8) is 0 Å². The first-order chi connectivity index (χ1) is 17.3. The molecule has 0 saturated heterocycles. The van der Waals surface area contributed by atoms with Crippen molar-refractivity contribution in [3.8, 4) is 0 Å². The number of nitrogens with zero attached hydrogens (tertiary/aromatic N) is 1. The van der Waals surface area contributed by atoms with Gasteiger partial charge in [0.05, 0.1) is 28.0 Å². The number of hydrogen-bond donors (Lipinski definition) is 3. The second-order valence-corrected chi connectivity index (χ2v) is 9.32. The summed E-state index contributed by atoms with van der Waals surface area (Å²) in [6.07, 6.45) is -4.48. The monoisotopic (exact) mass is 556 g/mol. The van der Waals surface area contributed by atoms with Gasteiger partial charge in [0.25, 0.3) is 5.91 Å². The molecule has 4 N–H and O–H groups in total. The molecule has 6 nitrogen and oxygen atoms in total. The summed E-state index contributed by atoms with van der Waals surface area (Å²) in [5, 5.41) is 4.89. The van der Waals surface area contributed by atoms with E-state index in [1.807, 2.05) is 0 Å². The van der Waals surface area contributed by atoms with E-state index in [2.05, 4.69) is 10.6 Å². The van der Waals surface area contributed by atoms with Gasteiger partial charge in [-0.15, -0.1) is 0 Å². The van der Waals surface area contributed by atoms with Crippen LogP contribution in [0, 0.1) is 11.6 Å². The highest BCUT2D eigenvalue weighted by Gasteiger charge is 2.41. The molecule has 1 unspecified atom stereocenters. The van der Waals surface area contributed by atoms with E-state index in [1.165, 1.54) is 17.0 Å². The van der Waals surface area contributed by atoms with Crippen LogP contribution in [-0.4, -0.2) is 18.5 Å². The fraction of sp³-hybridized carbons (Fsp3) is 0.167. The highest BCUT2D eigenvalue weighted by Crippen LogP contribution is 2.49. The number of rotatable bonds is 3. The van der Waals surface area contributed by atoms with Crippen LogP contribution in [0.2, 0.25) is 10.0 Å². The average molecular weight is 557 g/mol. The van der Waals surface area contributed by atoms with E-state index < -0.39 is 46.9 Å². The number of anilines is 3. The molecule has 0 saturated carbocycles.